The standard InChI is InChI=1S/C14H30O/c1-5-6-7-8-9-13(12-15)10-11-14(2,3)4/h13,15H,5-12H2,1-4H3/t13-/m1/s1. The summed E-state index contributed by atoms with van der Waals surface area (Å²) in [6.07, 6.45) is 8.90. The van der Waals surface area contributed by atoms with Gasteiger partial charge in [-0.1, -0.05) is 53.4 Å². The quantitative estimate of drug-likeness (QED) is 0.594. The lowest BCUT2D eigenvalue weighted by atomic mass is 9.85. The van der Waals surface area contributed by atoms with Crippen LogP contribution in [-0.2, 0) is 0 Å². The monoisotopic (exact) mass is 214 g/mol. The first kappa shape index (κ1) is 15.0. The van der Waals surface area contributed by atoms with Crippen LogP contribution in [0.3, 0.4) is 0 Å². The van der Waals surface area contributed by atoms with Crippen LogP contribution in [0, 0.1) is 11.3 Å². The van der Waals surface area contributed by atoms with Crippen LogP contribution in [0.1, 0.15) is 72.6 Å². The third-order valence-electron chi connectivity index (χ3n) is 3.03. The zero-order chi connectivity index (χ0) is 11.7. The molecule has 0 rings (SSSR count). The van der Waals surface area contributed by atoms with Crippen molar-refractivity contribution in [3.8, 4) is 0 Å². The smallest absolute Gasteiger partial charge is 0.0459 e. The van der Waals surface area contributed by atoms with E-state index in [1.165, 1.54) is 44.9 Å². The number of hydrogen-bond donors (Lipinski definition) is 1. The number of rotatable bonds is 8. The van der Waals surface area contributed by atoms with E-state index in [-0.39, 0.29) is 0 Å². The molecule has 15 heavy (non-hydrogen) atoms. The van der Waals surface area contributed by atoms with E-state index in [0.717, 1.165) is 0 Å². The van der Waals surface area contributed by atoms with Gasteiger partial charge in [0.05, 0.1) is 0 Å². The average Bonchev–Trinajstić information content (AvgIpc) is 2.15. The second kappa shape index (κ2) is 8.15. The van der Waals surface area contributed by atoms with Gasteiger partial charge in [0.25, 0.3) is 0 Å². The maximum Gasteiger partial charge on any atom is 0.0459 e. The summed E-state index contributed by atoms with van der Waals surface area (Å²) in [6.45, 7) is 9.45. The Balaban J connectivity index is 3.55. The highest BCUT2D eigenvalue weighted by Crippen LogP contribution is 2.25. The predicted octanol–water partition coefficient (Wildman–Crippen LogP) is 4.39. The topological polar surface area (TPSA) is 20.2 Å². The second-order valence-corrected chi connectivity index (χ2v) is 6.00. The zero-order valence-corrected chi connectivity index (χ0v) is 11.2. The lowest BCUT2D eigenvalue weighted by Gasteiger charge is -2.21. The van der Waals surface area contributed by atoms with Crippen molar-refractivity contribution < 1.29 is 5.11 Å². The fraction of sp³-hybridized carbons (Fsp3) is 1.00. The highest BCUT2D eigenvalue weighted by molar-refractivity contribution is 4.66. The van der Waals surface area contributed by atoms with Crippen molar-refractivity contribution in [2.45, 2.75) is 72.6 Å². The second-order valence-electron chi connectivity index (χ2n) is 6.00. The number of aliphatic hydroxyl groups excluding tert-OH is 1. The molecule has 0 saturated heterocycles. The van der Waals surface area contributed by atoms with Crippen LogP contribution in [0.5, 0.6) is 0 Å². The van der Waals surface area contributed by atoms with E-state index >= 15 is 0 Å². The summed E-state index contributed by atoms with van der Waals surface area (Å²) in [7, 11) is 0. The van der Waals surface area contributed by atoms with Crippen molar-refractivity contribution in [1.82, 2.24) is 0 Å². The van der Waals surface area contributed by atoms with E-state index in [9.17, 15) is 5.11 Å². The van der Waals surface area contributed by atoms with Crippen molar-refractivity contribution in [1.29, 1.82) is 0 Å². The fourth-order valence-electron chi connectivity index (χ4n) is 1.82. The van der Waals surface area contributed by atoms with Gasteiger partial charge < -0.3 is 5.11 Å². The number of hydrogen-bond acceptors (Lipinski definition) is 1. The summed E-state index contributed by atoms with van der Waals surface area (Å²) in [4.78, 5) is 0. The summed E-state index contributed by atoms with van der Waals surface area (Å²) in [5.41, 5.74) is 0.414. The van der Waals surface area contributed by atoms with Gasteiger partial charge in [-0.25, -0.2) is 0 Å². The van der Waals surface area contributed by atoms with E-state index < -0.39 is 0 Å². The summed E-state index contributed by atoms with van der Waals surface area (Å²) in [6, 6.07) is 0. The lowest BCUT2D eigenvalue weighted by molar-refractivity contribution is 0.190. The molecule has 0 aromatic heterocycles. The van der Waals surface area contributed by atoms with Crippen LogP contribution < -0.4 is 0 Å². The molecule has 0 aliphatic rings. The van der Waals surface area contributed by atoms with Gasteiger partial charge in [0.2, 0.25) is 0 Å². The molecule has 0 radical (unpaired) electrons. The van der Waals surface area contributed by atoms with Crippen molar-refractivity contribution in [2.24, 2.45) is 11.3 Å². The molecule has 0 unspecified atom stereocenters. The maximum atomic E-state index is 9.28. The summed E-state index contributed by atoms with van der Waals surface area (Å²) >= 11 is 0. The van der Waals surface area contributed by atoms with Crippen LogP contribution in [0.4, 0.5) is 0 Å². The average molecular weight is 214 g/mol. The van der Waals surface area contributed by atoms with E-state index in [2.05, 4.69) is 27.7 Å². The molecule has 0 aromatic carbocycles. The van der Waals surface area contributed by atoms with Crippen molar-refractivity contribution in [3.63, 3.8) is 0 Å². The Bertz CT molecular complexity index is 135. The Labute approximate surface area is 96.3 Å². The molecule has 0 heterocycles. The molecule has 0 saturated carbocycles. The van der Waals surface area contributed by atoms with Gasteiger partial charge in [0, 0.05) is 6.61 Å². The molecule has 0 aliphatic carbocycles. The molecule has 0 aliphatic heterocycles. The SMILES string of the molecule is CCCCCC[C@@H](CO)CCC(C)(C)C. The third kappa shape index (κ3) is 10.2. The van der Waals surface area contributed by atoms with E-state index in [1.54, 1.807) is 0 Å². The first-order chi connectivity index (χ1) is 6.99. The molecule has 0 spiro atoms. The van der Waals surface area contributed by atoms with Crippen LogP contribution >= 0.6 is 0 Å². The molecule has 1 atom stereocenters. The Morgan fingerprint density at radius 1 is 1.00 bits per heavy atom. The van der Waals surface area contributed by atoms with Gasteiger partial charge >= 0.3 is 0 Å². The zero-order valence-electron chi connectivity index (χ0n) is 11.2. The molecule has 92 valence electrons. The van der Waals surface area contributed by atoms with Gasteiger partial charge in [-0.15, -0.1) is 0 Å². The number of aliphatic hydroxyl groups is 1. The number of unbranched alkanes of at least 4 members (excludes halogenated alkanes) is 3. The van der Waals surface area contributed by atoms with Gasteiger partial charge in [-0.3, -0.25) is 0 Å². The van der Waals surface area contributed by atoms with Crippen LogP contribution in [-0.4, -0.2) is 11.7 Å². The van der Waals surface area contributed by atoms with Crippen LogP contribution in [0.15, 0.2) is 0 Å². The molecule has 0 bridgehead atoms. The van der Waals surface area contributed by atoms with Crippen molar-refractivity contribution >= 4 is 0 Å². The van der Waals surface area contributed by atoms with Crippen molar-refractivity contribution in [2.75, 3.05) is 6.61 Å². The molecule has 0 amide bonds. The molecule has 1 N–H and O–H groups in total. The highest BCUT2D eigenvalue weighted by atomic mass is 16.3. The lowest BCUT2D eigenvalue weighted by Crippen LogP contribution is -2.12. The summed E-state index contributed by atoms with van der Waals surface area (Å²) < 4.78 is 0. The van der Waals surface area contributed by atoms with E-state index in [4.69, 9.17) is 0 Å². The van der Waals surface area contributed by atoms with Crippen LogP contribution in [0.25, 0.3) is 0 Å². The Morgan fingerprint density at radius 2 is 1.67 bits per heavy atom. The molecule has 0 aromatic rings. The molecular weight excluding hydrogens is 184 g/mol. The minimum absolute atomic E-state index is 0.377. The first-order valence-electron chi connectivity index (χ1n) is 6.60. The van der Waals surface area contributed by atoms with E-state index in [1.807, 2.05) is 0 Å². The van der Waals surface area contributed by atoms with E-state index in [0.29, 0.717) is 17.9 Å². The summed E-state index contributed by atoms with van der Waals surface area (Å²) in [5.74, 6) is 0.543. The molecule has 0 fully saturated rings. The normalized spacial score (nSPS) is 14.2. The van der Waals surface area contributed by atoms with Gasteiger partial charge in [-0.05, 0) is 30.6 Å². The van der Waals surface area contributed by atoms with Gasteiger partial charge in [0.1, 0.15) is 0 Å². The molecule has 1 heteroatoms. The highest BCUT2D eigenvalue weighted by Gasteiger charge is 2.14. The maximum absolute atomic E-state index is 9.28. The predicted molar refractivity (Wildman–Crippen MR) is 68.0 cm³/mol. The Hall–Kier alpha value is -0.0400. The van der Waals surface area contributed by atoms with Crippen LogP contribution in [0.2, 0.25) is 0 Å². The minimum Gasteiger partial charge on any atom is -0.396 e. The minimum atomic E-state index is 0.377. The largest absolute Gasteiger partial charge is 0.396 e. The third-order valence-corrected chi connectivity index (χ3v) is 3.03. The Morgan fingerprint density at radius 3 is 2.13 bits per heavy atom. The fourth-order valence-corrected chi connectivity index (χ4v) is 1.82. The van der Waals surface area contributed by atoms with Gasteiger partial charge in [-0.2, -0.15) is 0 Å². The van der Waals surface area contributed by atoms with Gasteiger partial charge in [0.15, 0.2) is 0 Å². The molecular formula is C14H30O. The van der Waals surface area contributed by atoms with Crippen molar-refractivity contribution in [3.05, 3.63) is 0 Å². The summed E-state index contributed by atoms with van der Waals surface area (Å²) in [5, 5.41) is 9.28. The molecule has 1 nitrogen and oxygen atoms in total. The first-order valence-corrected chi connectivity index (χ1v) is 6.60. The Kier molecular flexibility index (Phi) is 8.13.